The molecule has 12 nitrogen and oxygen atoms in total. The van der Waals surface area contributed by atoms with E-state index < -0.39 is 35.0 Å². The number of aliphatic carboxylic acids is 1. The van der Waals surface area contributed by atoms with Crippen LogP contribution in [0.4, 0.5) is 5.13 Å². The fraction of sp³-hybridized carbons (Fsp3) is 0.250. The average molecular weight is 532 g/mol. The number of aromatic nitrogens is 4. The second-order valence-electron chi connectivity index (χ2n) is 7.64. The average Bonchev–Trinajstić information content (AvgIpc) is 3.48. The summed E-state index contributed by atoms with van der Waals surface area (Å²) in [5.74, 6) is -3.05. The summed E-state index contributed by atoms with van der Waals surface area (Å²) in [7, 11) is 0. The summed E-state index contributed by atoms with van der Waals surface area (Å²) in [5, 5.41) is 18.2. The Morgan fingerprint density at radius 1 is 1.34 bits per heavy atom. The molecule has 180 valence electrons. The monoisotopic (exact) mass is 531 g/mol. The molecule has 2 aliphatic heterocycles. The van der Waals surface area contributed by atoms with E-state index in [1.807, 2.05) is 13.0 Å². The molecule has 4 N–H and O–H groups in total. The van der Waals surface area contributed by atoms with E-state index in [2.05, 4.69) is 20.4 Å². The number of thiazole rings is 1. The molecule has 35 heavy (non-hydrogen) atoms. The first kappa shape index (κ1) is 23.3. The molecule has 5 rings (SSSR count). The molecule has 3 aromatic rings. The number of nitrogen functional groups attached to an aromatic ring is 1. The van der Waals surface area contributed by atoms with Crippen LogP contribution < -0.4 is 11.1 Å². The zero-order valence-corrected chi connectivity index (χ0v) is 20.4. The second kappa shape index (κ2) is 8.98. The molecule has 5 heterocycles. The lowest BCUT2D eigenvalue weighted by atomic mass is 10.0. The number of thioether (sulfide) groups is 2. The predicted molar refractivity (Wildman–Crippen MR) is 129 cm³/mol. The minimum absolute atomic E-state index is 0.0992. The number of hydrogen-bond donors (Lipinski definition) is 3. The van der Waals surface area contributed by atoms with Gasteiger partial charge in [0, 0.05) is 28.6 Å². The molecule has 0 unspecified atom stereocenters. The van der Waals surface area contributed by atoms with Gasteiger partial charge in [-0.15, -0.1) is 34.9 Å². The molecule has 1 saturated heterocycles. The van der Waals surface area contributed by atoms with Crippen molar-refractivity contribution in [3.05, 3.63) is 46.4 Å². The van der Waals surface area contributed by atoms with Crippen molar-refractivity contribution < 1.29 is 24.3 Å². The quantitative estimate of drug-likeness (QED) is 0.129. The number of fused-ring (bicyclic) bond motifs is 2. The fourth-order valence-corrected chi connectivity index (χ4v) is 6.87. The van der Waals surface area contributed by atoms with Crippen LogP contribution in [-0.2, 0) is 14.4 Å². The Morgan fingerprint density at radius 3 is 2.86 bits per heavy atom. The van der Waals surface area contributed by atoms with Crippen LogP contribution in [0.5, 0.6) is 0 Å². The molecule has 0 radical (unpaired) electrons. The van der Waals surface area contributed by atoms with E-state index in [9.17, 15) is 24.3 Å². The molecule has 2 atom stereocenters. The van der Waals surface area contributed by atoms with Crippen LogP contribution in [-0.4, -0.2) is 76.1 Å². The zero-order chi connectivity index (χ0) is 24.9. The van der Waals surface area contributed by atoms with Gasteiger partial charge in [-0.3, -0.25) is 19.3 Å². The summed E-state index contributed by atoms with van der Waals surface area (Å²) >= 11 is 3.75. The summed E-state index contributed by atoms with van der Waals surface area (Å²) in [6, 6.07) is 2.63. The minimum Gasteiger partial charge on any atom is -0.477 e. The third kappa shape index (κ3) is 4.15. The van der Waals surface area contributed by atoms with Crippen molar-refractivity contribution in [2.75, 3.05) is 17.2 Å². The van der Waals surface area contributed by atoms with Crippen molar-refractivity contribution in [1.29, 1.82) is 0 Å². The number of β-lactam (4-membered cyclic amide) rings is 1. The van der Waals surface area contributed by atoms with Crippen LogP contribution in [0.3, 0.4) is 0 Å². The largest absolute Gasteiger partial charge is 0.477 e. The highest BCUT2D eigenvalue weighted by molar-refractivity contribution is 8.01. The van der Waals surface area contributed by atoms with Crippen molar-refractivity contribution in [3.8, 4) is 0 Å². The topological polar surface area (TPSA) is 173 Å². The van der Waals surface area contributed by atoms with Crippen molar-refractivity contribution >= 4 is 69.2 Å². The Balaban J connectivity index is 1.32. The lowest BCUT2D eigenvalue weighted by molar-refractivity contribution is -0.150. The summed E-state index contributed by atoms with van der Waals surface area (Å²) in [6.45, 7) is 1.86. The first-order chi connectivity index (χ1) is 16.7. The molecule has 0 saturated carbocycles. The number of nitrogens with one attached hydrogen (secondary N) is 1. The van der Waals surface area contributed by atoms with Gasteiger partial charge in [-0.2, -0.15) is 5.10 Å². The number of amides is 2. The van der Waals surface area contributed by atoms with Crippen molar-refractivity contribution in [2.45, 2.75) is 23.4 Å². The van der Waals surface area contributed by atoms with Crippen LogP contribution in [0, 0.1) is 6.92 Å². The number of hydrogen-bond acceptors (Lipinski definition) is 11. The predicted octanol–water partition coefficient (Wildman–Crippen LogP) is 0.790. The third-order valence-corrected chi connectivity index (χ3v) is 8.44. The van der Waals surface area contributed by atoms with Crippen molar-refractivity contribution in [3.63, 3.8) is 0 Å². The number of carboxylic acid groups (broad SMARTS) is 1. The van der Waals surface area contributed by atoms with Gasteiger partial charge in [-0.05, 0) is 18.6 Å². The Kier molecular flexibility index (Phi) is 5.98. The summed E-state index contributed by atoms with van der Waals surface area (Å²) in [4.78, 5) is 58.9. The minimum atomic E-state index is -1.23. The van der Waals surface area contributed by atoms with E-state index >= 15 is 0 Å². The number of nitrogens with two attached hydrogens (primary N) is 1. The Bertz CT molecular complexity index is 1430. The summed E-state index contributed by atoms with van der Waals surface area (Å²) in [6.07, 6.45) is 1.64. The van der Waals surface area contributed by atoms with Crippen LogP contribution in [0.15, 0.2) is 40.0 Å². The molecule has 0 bridgehead atoms. The third-order valence-electron chi connectivity index (χ3n) is 5.35. The van der Waals surface area contributed by atoms with Crippen LogP contribution in [0.25, 0.3) is 5.65 Å². The van der Waals surface area contributed by atoms with Gasteiger partial charge in [-0.25, -0.2) is 19.3 Å². The highest BCUT2D eigenvalue weighted by Gasteiger charge is 2.54. The van der Waals surface area contributed by atoms with E-state index in [-0.39, 0.29) is 16.5 Å². The number of carboxylic acids is 1. The van der Waals surface area contributed by atoms with Gasteiger partial charge in [0.25, 0.3) is 17.6 Å². The van der Waals surface area contributed by atoms with Gasteiger partial charge in [0.15, 0.2) is 10.8 Å². The van der Waals surface area contributed by atoms with E-state index in [1.54, 1.807) is 16.8 Å². The standard InChI is InChI=1S/C20H17N7O5S3/c1-8-4-12(27-11(23-8)2-3-22-27)33-5-9-6-34-18-13(17(30)26(18)14(9)19(31)32)25-16(29)15(28)10-7-35-20(21)24-10/h2-4,7,13,18H,5-6H2,1H3,(H2,21,24)(H,25,29)(H,31,32)/t13-,18-/m1/s1. The highest BCUT2D eigenvalue weighted by atomic mass is 32.2. The lowest BCUT2D eigenvalue weighted by Gasteiger charge is -2.49. The molecule has 0 aliphatic carbocycles. The number of rotatable bonds is 7. The van der Waals surface area contributed by atoms with E-state index in [1.165, 1.54) is 33.8 Å². The first-order valence-corrected chi connectivity index (χ1v) is 13.1. The Labute approximate surface area is 210 Å². The first-order valence-electron chi connectivity index (χ1n) is 10.1. The molecular formula is C20H17N7O5S3. The normalized spacial score (nSPS) is 19.5. The number of carbonyl (C=O) groups excluding carboxylic acids is 3. The molecule has 0 spiro atoms. The van der Waals surface area contributed by atoms with Gasteiger partial charge >= 0.3 is 5.97 Å². The smallest absolute Gasteiger partial charge is 0.352 e. The maximum atomic E-state index is 12.8. The van der Waals surface area contributed by atoms with Crippen LogP contribution >= 0.6 is 34.9 Å². The second-order valence-corrected chi connectivity index (χ2v) is 10.6. The number of nitrogens with zero attached hydrogens (tertiary/aromatic N) is 5. The Morgan fingerprint density at radius 2 is 2.14 bits per heavy atom. The highest BCUT2D eigenvalue weighted by Crippen LogP contribution is 2.41. The van der Waals surface area contributed by atoms with E-state index in [4.69, 9.17) is 5.73 Å². The molecule has 15 heteroatoms. The van der Waals surface area contributed by atoms with Crippen LogP contribution in [0.2, 0.25) is 0 Å². The molecule has 3 aromatic heterocycles. The lowest BCUT2D eigenvalue weighted by Crippen LogP contribution is -2.71. The van der Waals surface area contributed by atoms with Gasteiger partial charge in [-0.1, -0.05) is 0 Å². The Hall–Kier alpha value is -3.43. The maximum absolute atomic E-state index is 12.8. The molecule has 2 amide bonds. The number of carbonyl (C=O) groups is 4. The van der Waals surface area contributed by atoms with Gasteiger partial charge < -0.3 is 16.2 Å². The van der Waals surface area contributed by atoms with E-state index in [0.717, 1.165) is 22.1 Å². The number of aryl methyl sites for hydroxylation is 1. The summed E-state index contributed by atoms with van der Waals surface area (Å²) < 4.78 is 1.67. The maximum Gasteiger partial charge on any atom is 0.352 e. The molecule has 1 fully saturated rings. The fourth-order valence-electron chi connectivity index (χ4n) is 3.78. The van der Waals surface area contributed by atoms with Gasteiger partial charge in [0.2, 0.25) is 0 Å². The molecular weight excluding hydrogens is 514 g/mol. The SMILES string of the molecule is Cc1cc(SCC2=C(C(=O)O)N3C(=O)[C@@H](NC(=O)C(=O)c4csc(N)n4)[C@H]3SC2)n2nccc2n1. The number of anilines is 1. The van der Waals surface area contributed by atoms with Gasteiger partial charge in [0.05, 0.1) is 6.20 Å². The van der Waals surface area contributed by atoms with E-state index in [0.29, 0.717) is 22.7 Å². The van der Waals surface area contributed by atoms with Crippen molar-refractivity contribution in [1.82, 2.24) is 29.8 Å². The number of ketones is 1. The molecule has 2 aliphatic rings. The molecule has 0 aromatic carbocycles. The van der Waals surface area contributed by atoms with Gasteiger partial charge in [0.1, 0.15) is 27.8 Å². The number of Topliss-reactive ketones (excluding diaryl/α,β-unsaturated/α-hetero) is 1. The van der Waals surface area contributed by atoms with Crippen molar-refractivity contribution in [2.24, 2.45) is 0 Å². The zero-order valence-electron chi connectivity index (χ0n) is 18.0. The summed E-state index contributed by atoms with van der Waals surface area (Å²) in [5.41, 5.74) is 7.36. The van der Waals surface area contributed by atoms with Crippen LogP contribution in [0.1, 0.15) is 16.2 Å².